The summed E-state index contributed by atoms with van der Waals surface area (Å²) in [6.07, 6.45) is 1.20. The van der Waals surface area contributed by atoms with Gasteiger partial charge in [0.1, 0.15) is 5.75 Å². The lowest BCUT2D eigenvalue weighted by atomic mass is 10.1. The van der Waals surface area contributed by atoms with Crippen molar-refractivity contribution in [2.24, 2.45) is 5.92 Å². The van der Waals surface area contributed by atoms with E-state index in [1.807, 2.05) is 30.3 Å². The zero-order valence-corrected chi connectivity index (χ0v) is 12.1. The molecule has 1 atom stereocenters. The van der Waals surface area contributed by atoms with Crippen LogP contribution in [0, 0.1) is 5.92 Å². The molecule has 0 spiro atoms. The molecule has 0 aromatic heterocycles. The van der Waals surface area contributed by atoms with Crippen molar-refractivity contribution >= 4 is 34.8 Å². The first-order valence-electron chi connectivity index (χ1n) is 6.35. The van der Waals surface area contributed by atoms with Gasteiger partial charge in [-0.3, -0.25) is 0 Å². The Morgan fingerprint density at radius 1 is 1.16 bits per heavy atom. The lowest BCUT2D eigenvalue weighted by Gasteiger charge is -2.13. The van der Waals surface area contributed by atoms with E-state index in [-0.39, 0.29) is 12.4 Å². The summed E-state index contributed by atoms with van der Waals surface area (Å²) in [5.41, 5.74) is 0. The first-order chi connectivity index (χ1) is 8.84. The van der Waals surface area contributed by atoms with Crippen molar-refractivity contribution in [2.45, 2.75) is 6.42 Å². The maximum atomic E-state index is 6.19. The van der Waals surface area contributed by atoms with Crippen LogP contribution in [0.15, 0.2) is 36.4 Å². The molecular formula is C15H17Cl2NO. The van der Waals surface area contributed by atoms with Gasteiger partial charge in [0.2, 0.25) is 0 Å². The minimum atomic E-state index is 0. The fourth-order valence-electron chi connectivity index (χ4n) is 2.42. The van der Waals surface area contributed by atoms with Crippen LogP contribution in [0.5, 0.6) is 5.75 Å². The van der Waals surface area contributed by atoms with Crippen molar-refractivity contribution in [1.82, 2.24) is 5.32 Å². The molecule has 1 aliphatic heterocycles. The molecular weight excluding hydrogens is 281 g/mol. The minimum absolute atomic E-state index is 0. The largest absolute Gasteiger partial charge is 0.493 e. The number of rotatable bonds is 3. The van der Waals surface area contributed by atoms with Crippen molar-refractivity contribution in [3.63, 3.8) is 0 Å². The summed E-state index contributed by atoms with van der Waals surface area (Å²) in [6.45, 7) is 2.94. The van der Waals surface area contributed by atoms with Crippen LogP contribution in [-0.4, -0.2) is 19.7 Å². The Hall–Kier alpha value is -0.960. The summed E-state index contributed by atoms with van der Waals surface area (Å²) in [5, 5.41) is 6.28. The summed E-state index contributed by atoms with van der Waals surface area (Å²) in [4.78, 5) is 0. The second-order valence-electron chi connectivity index (χ2n) is 4.76. The van der Waals surface area contributed by atoms with E-state index >= 15 is 0 Å². The van der Waals surface area contributed by atoms with E-state index in [1.54, 1.807) is 0 Å². The Labute approximate surface area is 124 Å². The van der Waals surface area contributed by atoms with E-state index in [0.717, 1.165) is 41.2 Å². The van der Waals surface area contributed by atoms with Crippen LogP contribution in [0.2, 0.25) is 5.02 Å². The first-order valence-corrected chi connectivity index (χ1v) is 6.73. The molecule has 0 amide bonds. The maximum Gasteiger partial charge on any atom is 0.127 e. The highest BCUT2D eigenvalue weighted by Gasteiger charge is 2.15. The second-order valence-corrected chi connectivity index (χ2v) is 5.17. The fraction of sp³-hybridized carbons (Fsp3) is 0.333. The lowest BCUT2D eigenvalue weighted by molar-refractivity contribution is 0.263. The van der Waals surface area contributed by atoms with Gasteiger partial charge in [-0.1, -0.05) is 35.9 Å². The van der Waals surface area contributed by atoms with Crippen molar-refractivity contribution in [1.29, 1.82) is 0 Å². The molecule has 1 heterocycles. The third-order valence-corrected chi connectivity index (χ3v) is 3.80. The number of benzene rings is 2. The van der Waals surface area contributed by atoms with Crippen molar-refractivity contribution in [3.05, 3.63) is 41.4 Å². The van der Waals surface area contributed by atoms with E-state index in [2.05, 4.69) is 11.4 Å². The number of fused-ring (bicyclic) bond motifs is 1. The Kier molecular flexibility index (Phi) is 4.92. The maximum absolute atomic E-state index is 6.19. The molecule has 0 aliphatic carbocycles. The van der Waals surface area contributed by atoms with Gasteiger partial charge in [-0.25, -0.2) is 0 Å². The van der Waals surface area contributed by atoms with Crippen LogP contribution in [0.25, 0.3) is 10.8 Å². The van der Waals surface area contributed by atoms with Gasteiger partial charge in [0.05, 0.1) is 6.61 Å². The van der Waals surface area contributed by atoms with Crippen molar-refractivity contribution < 1.29 is 4.74 Å². The predicted octanol–water partition coefficient (Wildman–Crippen LogP) is 3.90. The van der Waals surface area contributed by atoms with E-state index in [4.69, 9.17) is 16.3 Å². The molecule has 0 saturated carbocycles. The molecule has 4 heteroatoms. The number of halogens is 2. The molecule has 0 bridgehead atoms. The Balaban J connectivity index is 0.00000133. The highest BCUT2D eigenvalue weighted by molar-refractivity contribution is 6.35. The van der Waals surface area contributed by atoms with Crippen LogP contribution < -0.4 is 10.1 Å². The second kappa shape index (κ2) is 6.47. The minimum Gasteiger partial charge on any atom is -0.493 e. The molecule has 1 unspecified atom stereocenters. The smallest absolute Gasteiger partial charge is 0.127 e. The molecule has 1 fully saturated rings. The standard InChI is InChI=1S/C15H16ClNO.ClH/c16-14-5-6-15(13-4-2-1-3-12(13)14)18-10-11-7-8-17-9-11;/h1-6,11,17H,7-10H2;1H. The molecule has 3 rings (SSSR count). The Morgan fingerprint density at radius 3 is 2.68 bits per heavy atom. The predicted molar refractivity (Wildman–Crippen MR) is 82.7 cm³/mol. The van der Waals surface area contributed by atoms with Gasteiger partial charge in [0.25, 0.3) is 0 Å². The van der Waals surface area contributed by atoms with E-state index in [9.17, 15) is 0 Å². The Morgan fingerprint density at radius 2 is 1.95 bits per heavy atom. The molecule has 1 saturated heterocycles. The summed E-state index contributed by atoms with van der Waals surface area (Å²) >= 11 is 6.19. The summed E-state index contributed by atoms with van der Waals surface area (Å²) in [5.74, 6) is 1.56. The summed E-state index contributed by atoms with van der Waals surface area (Å²) in [6, 6.07) is 12.0. The van der Waals surface area contributed by atoms with Crippen LogP contribution in [0.4, 0.5) is 0 Å². The van der Waals surface area contributed by atoms with Gasteiger partial charge in [0, 0.05) is 28.3 Å². The van der Waals surface area contributed by atoms with Crippen LogP contribution in [0.3, 0.4) is 0 Å². The zero-order chi connectivity index (χ0) is 12.4. The molecule has 1 N–H and O–H groups in total. The van der Waals surface area contributed by atoms with Gasteiger partial charge in [-0.15, -0.1) is 12.4 Å². The van der Waals surface area contributed by atoms with E-state index in [1.165, 1.54) is 6.42 Å². The molecule has 2 nitrogen and oxygen atoms in total. The van der Waals surface area contributed by atoms with Gasteiger partial charge in [-0.05, 0) is 25.1 Å². The third-order valence-electron chi connectivity index (χ3n) is 3.47. The third kappa shape index (κ3) is 3.14. The van der Waals surface area contributed by atoms with Crippen molar-refractivity contribution in [3.8, 4) is 5.75 Å². The highest BCUT2D eigenvalue weighted by Crippen LogP contribution is 2.31. The molecule has 1 aliphatic rings. The summed E-state index contributed by atoms with van der Waals surface area (Å²) < 4.78 is 5.96. The average molecular weight is 298 g/mol. The van der Waals surface area contributed by atoms with Gasteiger partial charge >= 0.3 is 0 Å². The van der Waals surface area contributed by atoms with Crippen molar-refractivity contribution in [2.75, 3.05) is 19.7 Å². The van der Waals surface area contributed by atoms with E-state index in [0.29, 0.717) is 5.92 Å². The SMILES string of the molecule is Cl.Clc1ccc(OCC2CCNC2)c2ccccc12. The molecule has 19 heavy (non-hydrogen) atoms. The summed E-state index contributed by atoms with van der Waals surface area (Å²) in [7, 11) is 0. The average Bonchev–Trinajstić information content (AvgIpc) is 2.92. The van der Waals surface area contributed by atoms with E-state index < -0.39 is 0 Å². The monoisotopic (exact) mass is 297 g/mol. The number of ether oxygens (including phenoxy) is 1. The topological polar surface area (TPSA) is 21.3 Å². The highest BCUT2D eigenvalue weighted by atomic mass is 35.5. The quantitative estimate of drug-likeness (QED) is 0.928. The number of hydrogen-bond acceptors (Lipinski definition) is 2. The zero-order valence-electron chi connectivity index (χ0n) is 10.6. The molecule has 102 valence electrons. The van der Waals surface area contributed by atoms with Gasteiger partial charge < -0.3 is 10.1 Å². The van der Waals surface area contributed by atoms with Crippen LogP contribution in [0.1, 0.15) is 6.42 Å². The fourth-order valence-corrected chi connectivity index (χ4v) is 2.65. The van der Waals surface area contributed by atoms with Crippen LogP contribution in [-0.2, 0) is 0 Å². The molecule has 0 radical (unpaired) electrons. The Bertz CT molecular complexity index is 553. The lowest BCUT2D eigenvalue weighted by Crippen LogP contribution is -2.15. The molecule has 2 aromatic carbocycles. The van der Waals surface area contributed by atoms with Crippen LogP contribution >= 0.6 is 24.0 Å². The first kappa shape index (κ1) is 14.4. The molecule has 2 aromatic rings. The normalized spacial score (nSPS) is 18.3. The number of nitrogens with one attached hydrogen (secondary N) is 1. The number of hydrogen-bond donors (Lipinski definition) is 1. The van der Waals surface area contributed by atoms with Gasteiger partial charge in [0.15, 0.2) is 0 Å². The van der Waals surface area contributed by atoms with Gasteiger partial charge in [-0.2, -0.15) is 0 Å².